The van der Waals surface area contributed by atoms with E-state index in [1.807, 2.05) is 0 Å². The first kappa shape index (κ1) is 15.8. The molecule has 4 saturated carbocycles. The van der Waals surface area contributed by atoms with Crippen molar-refractivity contribution in [3.63, 3.8) is 0 Å². The lowest BCUT2D eigenvalue weighted by Crippen LogP contribution is -2.65. The summed E-state index contributed by atoms with van der Waals surface area (Å²) in [6.07, 6.45) is 6.66. The summed E-state index contributed by atoms with van der Waals surface area (Å²) in [5, 5.41) is 11.8. The standard InChI is InChI=1S/C20H30O3/c1-12-10-16-15-5-4-13-11-14(21)6-7-19(13,3)20(15,23)9-8-18(16,2)17(12)22/h12-13,15-16,23H,4-11H2,1-3H3/t12?,13-,15+,16+,18+,19+,20-/m1/s1. The van der Waals surface area contributed by atoms with E-state index in [1.165, 1.54) is 0 Å². The highest BCUT2D eigenvalue weighted by atomic mass is 16.3. The Kier molecular flexibility index (Phi) is 3.22. The van der Waals surface area contributed by atoms with Gasteiger partial charge in [0.25, 0.3) is 0 Å². The number of aliphatic hydroxyl groups is 1. The minimum absolute atomic E-state index is 0.139. The predicted octanol–water partition coefficient (Wildman–Crippen LogP) is 3.53. The van der Waals surface area contributed by atoms with E-state index in [0.29, 0.717) is 36.2 Å². The van der Waals surface area contributed by atoms with Crippen LogP contribution in [-0.4, -0.2) is 22.3 Å². The van der Waals surface area contributed by atoms with Gasteiger partial charge in [0.2, 0.25) is 0 Å². The fourth-order valence-electron chi connectivity index (χ4n) is 7.10. The van der Waals surface area contributed by atoms with Gasteiger partial charge in [-0.15, -0.1) is 0 Å². The summed E-state index contributed by atoms with van der Waals surface area (Å²) < 4.78 is 0. The van der Waals surface area contributed by atoms with Crippen LogP contribution < -0.4 is 0 Å². The van der Waals surface area contributed by atoms with E-state index in [2.05, 4.69) is 20.8 Å². The first-order chi connectivity index (χ1) is 10.7. The first-order valence-corrected chi connectivity index (χ1v) is 9.51. The molecule has 0 aromatic heterocycles. The topological polar surface area (TPSA) is 54.4 Å². The van der Waals surface area contributed by atoms with Gasteiger partial charge in [-0.25, -0.2) is 0 Å². The normalized spacial score (nSPS) is 56.0. The molecular formula is C20H30O3. The smallest absolute Gasteiger partial charge is 0.141 e. The maximum absolute atomic E-state index is 12.7. The SMILES string of the molecule is CC1C[C@H]2[C@@H]3CC[C@@H]4CC(=O)CC[C@]4(C)[C@@]3(O)CC[C@]2(C)C1=O. The van der Waals surface area contributed by atoms with Gasteiger partial charge in [0.05, 0.1) is 5.60 Å². The van der Waals surface area contributed by atoms with Crippen LogP contribution in [0.2, 0.25) is 0 Å². The zero-order valence-electron chi connectivity index (χ0n) is 14.7. The van der Waals surface area contributed by atoms with Crippen LogP contribution in [0.5, 0.6) is 0 Å². The minimum atomic E-state index is -0.675. The summed E-state index contributed by atoms with van der Waals surface area (Å²) in [6, 6.07) is 0. The van der Waals surface area contributed by atoms with Gasteiger partial charge in [0.1, 0.15) is 11.6 Å². The zero-order chi connectivity index (χ0) is 16.6. The molecule has 0 aromatic carbocycles. The van der Waals surface area contributed by atoms with Crippen molar-refractivity contribution in [3.05, 3.63) is 0 Å². The molecule has 0 aromatic rings. The number of ketones is 2. The molecule has 0 bridgehead atoms. The molecule has 1 unspecified atom stereocenters. The first-order valence-electron chi connectivity index (χ1n) is 9.51. The quantitative estimate of drug-likeness (QED) is 0.743. The Hall–Kier alpha value is -0.700. The second-order valence-corrected chi connectivity index (χ2v) is 9.49. The van der Waals surface area contributed by atoms with Crippen LogP contribution in [0.3, 0.4) is 0 Å². The molecule has 3 heteroatoms. The van der Waals surface area contributed by atoms with E-state index in [1.54, 1.807) is 0 Å². The Morgan fingerprint density at radius 2 is 1.78 bits per heavy atom. The van der Waals surface area contributed by atoms with Gasteiger partial charge in [0, 0.05) is 29.6 Å². The molecule has 1 N–H and O–H groups in total. The van der Waals surface area contributed by atoms with Crippen molar-refractivity contribution in [3.8, 4) is 0 Å². The average Bonchev–Trinajstić information content (AvgIpc) is 2.73. The van der Waals surface area contributed by atoms with Crippen molar-refractivity contribution in [2.75, 3.05) is 0 Å². The van der Waals surface area contributed by atoms with Crippen molar-refractivity contribution in [1.82, 2.24) is 0 Å². The number of carbonyl (C=O) groups is 2. The Morgan fingerprint density at radius 3 is 2.52 bits per heavy atom. The van der Waals surface area contributed by atoms with Crippen LogP contribution in [-0.2, 0) is 9.59 Å². The monoisotopic (exact) mass is 318 g/mol. The van der Waals surface area contributed by atoms with Gasteiger partial charge >= 0.3 is 0 Å². The molecule has 23 heavy (non-hydrogen) atoms. The molecule has 4 rings (SSSR count). The van der Waals surface area contributed by atoms with E-state index in [4.69, 9.17) is 0 Å². The molecule has 128 valence electrons. The highest BCUT2D eigenvalue weighted by Gasteiger charge is 2.67. The molecule has 0 radical (unpaired) electrons. The zero-order valence-corrected chi connectivity index (χ0v) is 14.7. The summed E-state index contributed by atoms with van der Waals surface area (Å²) in [6.45, 7) is 6.46. The summed E-state index contributed by atoms with van der Waals surface area (Å²) in [5.41, 5.74) is -1.03. The number of Topliss-reactive ketones (excluding diaryl/α,β-unsaturated/α-hetero) is 2. The molecule has 4 aliphatic rings. The fraction of sp³-hybridized carbons (Fsp3) is 0.900. The molecule has 7 atom stereocenters. The third-order valence-corrected chi connectivity index (χ3v) is 8.67. The predicted molar refractivity (Wildman–Crippen MR) is 87.7 cm³/mol. The highest BCUT2D eigenvalue weighted by molar-refractivity contribution is 5.89. The Bertz CT molecular complexity index is 569. The molecule has 4 fully saturated rings. The van der Waals surface area contributed by atoms with Crippen LogP contribution in [0.25, 0.3) is 0 Å². The van der Waals surface area contributed by atoms with Crippen molar-refractivity contribution in [2.45, 2.75) is 77.7 Å². The van der Waals surface area contributed by atoms with Crippen molar-refractivity contribution >= 4 is 11.6 Å². The number of rotatable bonds is 0. The molecular weight excluding hydrogens is 288 g/mol. The Morgan fingerprint density at radius 1 is 1.04 bits per heavy atom. The largest absolute Gasteiger partial charge is 0.389 e. The summed E-state index contributed by atoms with van der Waals surface area (Å²) in [7, 11) is 0. The van der Waals surface area contributed by atoms with Crippen LogP contribution >= 0.6 is 0 Å². The van der Waals surface area contributed by atoms with E-state index in [9.17, 15) is 14.7 Å². The Labute approximate surface area is 139 Å². The lowest BCUT2D eigenvalue weighted by atomic mass is 9.43. The lowest BCUT2D eigenvalue weighted by molar-refractivity contribution is -0.228. The van der Waals surface area contributed by atoms with Crippen molar-refractivity contribution < 1.29 is 14.7 Å². The van der Waals surface area contributed by atoms with E-state index < -0.39 is 5.60 Å². The molecule has 0 aliphatic heterocycles. The van der Waals surface area contributed by atoms with Gasteiger partial charge < -0.3 is 5.11 Å². The molecule has 0 amide bonds. The molecule has 3 nitrogen and oxygen atoms in total. The lowest BCUT2D eigenvalue weighted by Gasteiger charge is -2.64. The molecule has 0 spiro atoms. The number of fused-ring (bicyclic) bond motifs is 5. The van der Waals surface area contributed by atoms with E-state index >= 15 is 0 Å². The van der Waals surface area contributed by atoms with Gasteiger partial charge in [-0.2, -0.15) is 0 Å². The van der Waals surface area contributed by atoms with Crippen LogP contribution in [0.4, 0.5) is 0 Å². The van der Waals surface area contributed by atoms with E-state index in [0.717, 1.165) is 38.5 Å². The number of hydrogen-bond acceptors (Lipinski definition) is 3. The van der Waals surface area contributed by atoms with Gasteiger partial charge in [-0.3, -0.25) is 9.59 Å². The maximum atomic E-state index is 12.7. The van der Waals surface area contributed by atoms with Gasteiger partial charge in [-0.05, 0) is 56.3 Å². The third-order valence-electron chi connectivity index (χ3n) is 8.67. The second-order valence-electron chi connectivity index (χ2n) is 9.49. The van der Waals surface area contributed by atoms with Gasteiger partial charge in [-0.1, -0.05) is 20.8 Å². The minimum Gasteiger partial charge on any atom is -0.389 e. The average molecular weight is 318 g/mol. The molecule has 0 saturated heterocycles. The van der Waals surface area contributed by atoms with E-state index in [-0.39, 0.29) is 22.7 Å². The second kappa shape index (κ2) is 4.68. The maximum Gasteiger partial charge on any atom is 0.141 e. The summed E-state index contributed by atoms with van der Waals surface area (Å²) in [4.78, 5) is 24.6. The third kappa shape index (κ3) is 1.80. The van der Waals surface area contributed by atoms with Crippen LogP contribution in [0, 0.1) is 34.5 Å². The summed E-state index contributed by atoms with van der Waals surface area (Å²) in [5.74, 6) is 1.86. The number of carbonyl (C=O) groups excluding carboxylic acids is 2. The van der Waals surface area contributed by atoms with Crippen molar-refractivity contribution in [2.24, 2.45) is 34.5 Å². The summed E-state index contributed by atoms with van der Waals surface area (Å²) >= 11 is 0. The van der Waals surface area contributed by atoms with Crippen LogP contribution in [0.15, 0.2) is 0 Å². The van der Waals surface area contributed by atoms with Gasteiger partial charge in [0.15, 0.2) is 0 Å². The van der Waals surface area contributed by atoms with Crippen molar-refractivity contribution in [1.29, 1.82) is 0 Å². The Balaban J connectivity index is 1.73. The number of hydrogen-bond donors (Lipinski definition) is 1. The highest BCUT2D eigenvalue weighted by Crippen LogP contribution is 2.67. The molecule has 0 heterocycles. The molecule has 4 aliphatic carbocycles. The fourth-order valence-corrected chi connectivity index (χ4v) is 7.10. The van der Waals surface area contributed by atoms with Crippen LogP contribution in [0.1, 0.15) is 72.1 Å².